The van der Waals surface area contributed by atoms with E-state index in [1.165, 1.54) is 6.26 Å². The summed E-state index contributed by atoms with van der Waals surface area (Å²) in [4.78, 5) is 14.0. The third kappa shape index (κ3) is 3.22. The molecule has 0 unspecified atom stereocenters. The summed E-state index contributed by atoms with van der Waals surface area (Å²) in [5.41, 5.74) is 0.338. The molecule has 1 amide bonds. The Morgan fingerprint density at radius 2 is 2.04 bits per heavy atom. The van der Waals surface area contributed by atoms with Gasteiger partial charge in [0.15, 0.2) is 11.5 Å². The van der Waals surface area contributed by atoms with Crippen LogP contribution in [0.3, 0.4) is 0 Å². The molecule has 1 saturated heterocycles. The highest BCUT2D eigenvalue weighted by Gasteiger charge is 2.30. The highest BCUT2D eigenvalue weighted by molar-refractivity contribution is 7.89. The third-order valence-electron chi connectivity index (χ3n) is 4.07. The average Bonchev–Trinajstić information content (AvgIpc) is 3.17. The predicted molar refractivity (Wildman–Crippen MR) is 83.9 cm³/mol. The van der Waals surface area contributed by atoms with Gasteiger partial charge in [0, 0.05) is 19.1 Å². The van der Waals surface area contributed by atoms with Crippen LogP contribution >= 0.6 is 0 Å². The fourth-order valence-electron chi connectivity index (χ4n) is 2.89. The lowest BCUT2D eigenvalue weighted by Gasteiger charge is -2.31. The summed E-state index contributed by atoms with van der Waals surface area (Å²) in [6.07, 6.45) is 2.53. The van der Waals surface area contributed by atoms with Crippen LogP contribution in [-0.4, -0.2) is 43.5 Å². The van der Waals surface area contributed by atoms with Crippen LogP contribution in [0.25, 0.3) is 0 Å². The number of likely N-dealkylation sites (tertiary alicyclic amines) is 1. The van der Waals surface area contributed by atoms with Crippen molar-refractivity contribution in [3.8, 4) is 0 Å². The van der Waals surface area contributed by atoms with Gasteiger partial charge in [-0.2, -0.15) is 0 Å². The van der Waals surface area contributed by atoms with E-state index in [1.54, 1.807) is 30.9 Å². The predicted octanol–water partition coefficient (Wildman–Crippen LogP) is 1.47. The quantitative estimate of drug-likeness (QED) is 0.892. The van der Waals surface area contributed by atoms with Crippen LogP contribution in [0.2, 0.25) is 0 Å². The molecule has 0 radical (unpaired) electrons. The minimum absolute atomic E-state index is 0.0941. The second kappa shape index (κ2) is 6.40. The topological polar surface area (TPSA) is 106 Å². The molecular formula is C15H19N3O5S. The number of rotatable bonds is 4. The van der Waals surface area contributed by atoms with Gasteiger partial charge in [-0.25, -0.2) is 13.1 Å². The Labute approximate surface area is 139 Å². The van der Waals surface area contributed by atoms with Gasteiger partial charge in [-0.3, -0.25) is 4.79 Å². The number of hydrogen-bond donors (Lipinski definition) is 1. The standard InChI is InChI=1S/C15H19N3O5S/c1-10-14(11(2)23-16-10)24(20,21)17-12-5-7-18(8-6-12)15(19)13-4-3-9-22-13/h3-4,9,12,17H,5-8H2,1-2H3. The molecule has 2 aromatic rings. The molecule has 9 heteroatoms. The second-order valence-electron chi connectivity index (χ2n) is 5.82. The molecule has 1 fully saturated rings. The number of aryl methyl sites for hydroxylation is 2. The number of piperidine rings is 1. The van der Waals surface area contributed by atoms with Crippen molar-refractivity contribution in [1.29, 1.82) is 0 Å². The largest absolute Gasteiger partial charge is 0.459 e. The van der Waals surface area contributed by atoms with Crippen LogP contribution < -0.4 is 4.72 Å². The van der Waals surface area contributed by atoms with Crippen molar-refractivity contribution < 1.29 is 22.2 Å². The van der Waals surface area contributed by atoms with Gasteiger partial charge in [-0.1, -0.05) is 5.16 Å². The van der Waals surface area contributed by atoms with Crippen molar-refractivity contribution in [2.24, 2.45) is 0 Å². The molecule has 130 valence electrons. The van der Waals surface area contributed by atoms with Crippen molar-refractivity contribution in [1.82, 2.24) is 14.8 Å². The van der Waals surface area contributed by atoms with E-state index in [-0.39, 0.29) is 22.6 Å². The Balaban J connectivity index is 1.62. The molecule has 2 aromatic heterocycles. The van der Waals surface area contributed by atoms with E-state index in [0.717, 1.165) is 0 Å². The molecule has 1 N–H and O–H groups in total. The van der Waals surface area contributed by atoms with Crippen molar-refractivity contribution in [3.05, 3.63) is 35.6 Å². The van der Waals surface area contributed by atoms with Crippen molar-refractivity contribution in [2.45, 2.75) is 37.6 Å². The second-order valence-corrected chi connectivity index (χ2v) is 7.47. The molecule has 0 saturated carbocycles. The fourth-order valence-corrected chi connectivity index (χ4v) is 4.53. The fraction of sp³-hybridized carbons (Fsp3) is 0.467. The first kappa shape index (κ1) is 16.7. The molecule has 0 aromatic carbocycles. The van der Waals surface area contributed by atoms with Crippen LogP contribution in [0.4, 0.5) is 0 Å². The van der Waals surface area contributed by atoms with Gasteiger partial charge in [0.25, 0.3) is 5.91 Å². The maximum absolute atomic E-state index is 12.5. The van der Waals surface area contributed by atoms with Crippen LogP contribution in [0, 0.1) is 13.8 Å². The van der Waals surface area contributed by atoms with Crippen molar-refractivity contribution in [2.75, 3.05) is 13.1 Å². The summed E-state index contributed by atoms with van der Waals surface area (Å²) in [6, 6.07) is 3.05. The number of hydrogen-bond acceptors (Lipinski definition) is 6. The third-order valence-corrected chi connectivity index (χ3v) is 5.84. The molecule has 1 aliphatic rings. The molecule has 24 heavy (non-hydrogen) atoms. The van der Waals surface area contributed by atoms with E-state index in [4.69, 9.17) is 8.94 Å². The Morgan fingerprint density at radius 3 is 2.58 bits per heavy atom. The first-order valence-electron chi connectivity index (χ1n) is 7.66. The lowest BCUT2D eigenvalue weighted by molar-refractivity contribution is 0.0679. The van der Waals surface area contributed by atoms with Crippen LogP contribution in [-0.2, 0) is 10.0 Å². The molecule has 1 aliphatic heterocycles. The Bertz CT molecular complexity index is 798. The Kier molecular flexibility index (Phi) is 4.46. The zero-order chi connectivity index (χ0) is 17.3. The van der Waals surface area contributed by atoms with Gasteiger partial charge in [0.05, 0.1) is 6.26 Å². The molecule has 3 rings (SSSR count). The zero-order valence-electron chi connectivity index (χ0n) is 13.5. The summed E-state index contributed by atoms with van der Waals surface area (Å²) in [5, 5.41) is 3.68. The smallest absolute Gasteiger partial charge is 0.289 e. The van der Waals surface area contributed by atoms with Crippen LogP contribution in [0.15, 0.2) is 32.2 Å². The molecule has 8 nitrogen and oxygen atoms in total. The number of nitrogens with zero attached hydrogens (tertiary/aromatic N) is 2. The van der Waals surface area contributed by atoms with Crippen LogP contribution in [0.1, 0.15) is 34.9 Å². The van der Waals surface area contributed by atoms with Gasteiger partial charge in [-0.05, 0) is 38.8 Å². The lowest BCUT2D eigenvalue weighted by Crippen LogP contribution is -2.46. The van der Waals surface area contributed by atoms with Gasteiger partial charge in [0.1, 0.15) is 10.6 Å². The summed E-state index contributed by atoms with van der Waals surface area (Å²) < 4.78 is 37.7. The molecule has 0 aliphatic carbocycles. The molecule has 3 heterocycles. The van der Waals surface area contributed by atoms with Gasteiger partial charge < -0.3 is 13.8 Å². The summed E-state index contributed by atoms with van der Waals surface area (Å²) >= 11 is 0. The number of carbonyl (C=O) groups is 1. The molecule has 0 bridgehead atoms. The average molecular weight is 353 g/mol. The minimum atomic E-state index is -3.69. The van der Waals surface area contributed by atoms with Crippen molar-refractivity contribution in [3.63, 3.8) is 0 Å². The monoisotopic (exact) mass is 353 g/mol. The zero-order valence-corrected chi connectivity index (χ0v) is 14.3. The summed E-state index contributed by atoms with van der Waals surface area (Å²) in [5.74, 6) is 0.391. The number of aromatic nitrogens is 1. The van der Waals surface area contributed by atoms with E-state index >= 15 is 0 Å². The maximum Gasteiger partial charge on any atom is 0.289 e. The van der Waals surface area contributed by atoms with Gasteiger partial charge >= 0.3 is 0 Å². The number of furan rings is 1. The van der Waals surface area contributed by atoms with E-state index in [1.807, 2.05) is 0 Å². The van der Waals surface area contributed by atoms with Crippen molar-refractivity contribution >= 4 is 15.9 Å². The Morgan fingerprint density at radius 1 is 1.33 bits per heavy atom. The Hall–Kier alpha value is -2.13. The first-order chi connectivity index (χ1) is 11.4. The van der Waals surface area contributed by atoms with Gasteiger partial charge in [0.2, 0.25) is 10.0 Å². The molecule has 0 spiro atoms. The maximum atomic E-state index is 12.5. The number of carbonyl (C=O) groups excluding carboxylic acids is 1. The first-order valence-corrected chi connectivity index (χ1v) is 9.15. The van der Waals surface area contributed by atoms with E-state index in [9.17, 15) is 13.2 Å². The highest BCUT2D eigenvalue weighted by Crippen LogP contribution is 2.21. The SMILES string of the molecule is Cc1noc(C)c1S(=O)(=O)NC1CCN(C(=O)c2ccco2)CC1. The number of nitrogens with one attached hydrogen (secondary N) is 1. The normalized spacial score (nSPS) is 16.5. The van der Waals surface area contributed by atoms with Gasteiger partial charge in [-0.15, -0.1) is 0 Å². The minimum Gasteiger partial charge on any atom is -0.459 e. The highest BCUT2D eigenvalue weighted by atomic mass is 32.2. The molecular weight excluding hydrogens is 334 g/mol. The number of sulfonamides is 1. The van der Waals surface area contributed by atoms with Crippen LogP contribution in [0.5, 0.6) is 0 Å². The van der Waals surface area contributed by atoms with E-state index < -0.39 is 10.0 Å². The number of amides is 1. The van der Waals surface area contributed by atoms with E-state index in [2.05, 4.69) is 9.88 Å². The summed E-state index contributed by atoms with van der Waals surface area (Å²) in [6.45, 7) is 4.09. The van der Waals surface area contributed by atoms with E-state index in [0.29, 0.717) is 37.4 Å². The molecule has 0 atom stereocenters. The summed E-state index contributed by atoms with van der Waals surface area (Å²) in [7, 11) is -3.69. The lowest BCUT2D eigenvalue weighted by atomic mass is 10.1.